The van der Waals surface area contributed by atoms with Crippen molar-refractivity contribution in [3.05, 3.63) is 28.8 Å². The molecular weight excluding hydrogens is 192 g/mol. The average Bonchev–Trinajstić information content (AvgIpc) is 2.26. The molecule has 1 rings (SSSR count). The molecule has 80 valence electrons. The van der Waals surface area contributed by atoms with Crippen LogP contribution < -0.4 is 4.74 Å². The van der Waals surface area contributed by atoms with E-state index >= 15 is 0 Å². The summed E-state index contributed by atoms with van der Waals surface area (Å²) in [5.41, 5.74) is 1.80. The van der Waals surface area contributed by atoms with Gasteiger partial charge in [0.1, 0.15) is 12.0 Å². The molecule has 15 heavy (non-hydrogen) atoms. The van der Waals surface area contributed by atoms with E-state index in [0.717, 1.165) is 11.8 Å². The van der Waals surface area contributed by atoms with Gasteiger partial charge in [-0.25, -0.2) is 0 Å². The molecule has 0 atom stereocenters. The molecule has 0 heterocycles. The Morgan fingerprint density at radius 1 is 1.20 bits per heavy atom. The molecule has 0 fully saturated rings. The number of hydrogen-bond donors (Lipinski definition) is 0. The minimum atomic E-state index is 0.207. The maximum absolute atomic E-state index is 10.8. The van der Waals surface area contributed by atoms with Crippen molar-refractivity contribution >= 4 is 12.6 Å². The summed E-state index contributed by atoms with van der Waals surface area (Å²) in [6, 6.07) is 3.29. The van der Waals surface area contributed by atoms with E-state index in [1.54, 1.807) is 6.07 Å². The third-order valence-electron chi connectivity index (χ3n) is 2.26. The average molecular weight is 206 g/mol. The molecule has 3 nitrogen and oxygen atoms in total. The molecule has 0 bridgehead atoms. The molecule has 0 unspecified atom stereocenters. The van der Waals surface area contributed by atoms with Crippen molar-refractivity contribution in [1.29, 1.82) is 0 Å². The number of benzene rings is 1. The lowest BCUT2D eigenvalue weighted by atomic mass is 9.97. The zero-order valence-corrected chi connectivity index (χ0v) is 9.11. The molecule has 1 aromatic carbocycles. The van der Waals surface area contributed by atoms with Gasteiger partial charge in [0.2, 0.25) is 0 Å². The Labute approximate surface area is 89.1 Å². The Hall–Kier alpha value is -1.64. The number of carbonyl (C=O) groups is 2. The molecule has 0 aliphatic carbocycles. The van der Waals surface area contributed by atoms with Crippen LogP contribution in [0.2, 0.25) is 0 Å². The zero-order chi connectivity index (χ0) is 11.4. The van der Waals surface area contributed by atoms with Crippen LogP contribution in [0.15, 0.2) is 12.1 Å². The first-order valence-electron chi connectivity index (χ1n) is 4.76. The Balaban J connectivity index is 3.45. The summed E-state index contributed by atoms with van der Waals surface area (Å²) in [6.07, 6.45) is 1.44. The van der Waals surface area contributed by atoms with Crippen LogP contribution in [0.4, 0.5) is 0 Å². The molecule has 3 heteroatoms. The highest BCUT2D eigenvalue weighted by molar-refractivity contribution is 5.86. The standard InChI is InChI=1S/C12H14O3/c1-8(2)11-5-9(6-13)4-10(7-14)12(11)15-3/h4-8H,1-3H3. The topological polar surface area (TPSA) is 43.4 Å². The second-order valence-corrected chi connectivity index (χ2v) is 3.62. The molecule has 0 saturated carbocycles. The summed E-state index contributed by atoms with van der Waals surface area (Å²) in [4.78, 5) is 21.5. The Kier molecular flexibility index (Phi) is 3.61. The second-order valence-electron chi connectivity index (χ2n) is 3.62. The first-order chi connectivity index (χ1) is 7.13. The van der Waals surface area contributed by atoms with Gasteiger partial charge in [-0.2, -0.15) is 0 Å². The molecule has 0 N–H and O–H groups in total. The van der Waals surface area contributed by atoms with E-state index in [2.05, 4.69) is 0 Å². The van der Waals surface area contributed by atoms with Gasteiger partial charge in [0.05, 0.1) is 12.7 Å². The number of aldehydes is 2. The molecule has 0 saturated heterocycles. The number of rotatable bonds is 4. The molecule has 0 aliphatic rings. The predicted molar refractivity (Wildman–Crippen MR) is 57.9 cm³/mol. The quantitative estimate of drug-likeness (QED) is 0.710. The number of methoxy groups -OCH3 is 1. The zero-order valence-electron chi connectivity index (χ0n) is 9.11. The van der Waals surface area contributed by atoms with Gasteiger partial charge < -0.3 is 4.74 Å². The van der Waals surface area contributed by atoms with E-state index in [1.165, 1.54) is 13.2 Å². The van der Waals surface area contributed by atoms with Crippen LogP contribution in [0.3, 0.4) is 0 Å². The fraction of sp³-hybridized carbons (Fsp3) is 0.333. The van der Waals surface area contributed by atoms with E-state index in [9.17, 15) is 9.59 Å². The molecular formula is C12H14O3. The molecule has 0 radical (unpaired) electrons. The van der Waals surface area contributed by atoms with Crippen molar-refractivity contribution in [2.45, 2.75) is 19.8 Å². The minimum absolute atomic E-state index is 0.207. The van der Waals surface area contributed by atoms with E-state index in [1.807, 2.05) is 13.8 Å². The summed E-state index contributed by atoms with van der Waals surface area (Å²) < 4.78 is 5.18. The normalized spacial score (nSPS) is 10.1. The first-order valence-corrected chi connectivity index (χ1v) is 4.76. The van der Waals surface area contributed by atoms with Gasteiger partial charge in [0.15, 0.2) is 6.29 Å². The summed E-state index contributed by atoms with van der Waals surface area (Å²) in [5, 5.41) is 0. The second kappa shape index (κ2) is 4.73. The summed E-state index contributed by atoms with van der Waals surface area (Å²) in [6.45, 7) is 3.97. The molecule has 0 aliphatic heterocycles. The smallest absolute Gasteiger partial charge is 0.153 e. The number of ether oxygens (including phenoxy) is 1. The summed E-state index contributed by atoms with van der Waals surface area (Å²) >= 11 is 0. The van der Waals surface area contributed by atoms with Gasteiger partial charge in [-0.3, -0.25) is 9.59 Å². The highest BCUT2D eigenvalue weighted by Gasteiger charge is 2.13. The van der Waals surface area contributed by atoms with Gasteiger partial charge in [-0.15, -0.1) is 0 Å². The Bertz CT molecular complexity index is 381. The molecule has 1 aromatic rings. The van der Waals surface area contributed by atoms with Crippen molar-refractivity contribution in [2.24, 2.45) is 0 Å². The van der Waals surface area contributed by atoms with Crippen LogP contribution in [0, 0.1) is 0 Å². The summed E-state index contributed by atoms with van der Waals surface area (Å²) in [7, 11) is 1.52. The minimum Gasteiger partial charge on any atom is -0.496 e. The highest BCUT2D eigenvalue weighted by atomic mass is 16.5. The van der Waals surface area contributed by atoms with Crippen LogP contribution in [0.5, 0.6) is 5.75 Å². The van der Waals surface area contributed by atoms with Crippen molar-refractivity contribution in [3.8, 4) is 5.75 Å². The fourth-order valence-electron chi connectivity index (χ4n) is 1.52. The van der Waals surface area contributed by atoms with E-state index < -0.39 is 0 Å². The fourth-order valence-corrected chi connectivity index (χ4v) is 1.52. The third kappa shape index (κ3) is 2.24. The Morgan fingerprint density at radius 2 is 1.87 bits per heavy atom. The van der Waals surface area contributed by atoms with Crippen LogP contribution in [-0.4, -0.2) is 19.7 Å². The van der Waals surface area contributed by atoms with Gasteiger partial charge in [-0.05, 0) is 23.6 Å². The number of hydrogen-bond acceptors (Lipinski definition) is 3. The van der Waals surface area contributed by atoms with Crippen molar-refractivity contribution in [1.82, 2.24) is 0 Å². The van der Waals surface area contributed by atoms with Crippen molar-refractivity contribution in [3.63, 3.8) is 0 Å². The lowest BCUT2D eigenvalue weighted by Crippen LogP contribution is -2.00. The predicted octanol–water partition coefficient (Wildman–Crippen LogP) is 2.44. The number of carbonyl (C=O) groups excluding carboxylic acids is 2. The van der Waals surface area contributed by atoms with Gasteiger partial charge in [0.25, 0.3) is 0 Å². The van der Waals surface area contributed by atoms with Gasteiger partial charge >= 0.3 is 0 Å². The van der Waals surface area contributed by atoms with Crippen LogP contribution in [0.1, 0.15) is 46.0 Å². The van der Waals surface area contributed by atoms with Crippen LogP contribution in [-0.2, 0) is 0 Å². The molecule has 0 spiro atoms. The van der Waals surface area contributed by atoms with Gasteiger partial charge in [-0.1, -0.05) is 13.8 Å². The van der Waals surface area contributed by atoms with Gasteiger partial charge in [0, 0.05) is 5.56 Å². The summed E-state index contributed by atoms with van der Waals surface area (Å²) in [5.74, 6) is 0.768. The first kappa shape index (κ1) is 11.4. The van der Waals surface area contributed by atoms with E-state index in [-0.39, 0.29) is 5.92 Å². The van der Waals surface area contributed by atoms with Crippen LogP contribution >= 0.6 is 0 Å². The largest absolute Gasteiger partial charge is 0.496 e. The maximum Gasteiger partial charge on any atom is 0.153 e. The Morgan fingerprint density at radius 3 is 2.27 bits per heavy atom. The van der Waals surface area contributed by atoms with Crippen molar-refractivity contribution < 1.29 is 14.3 Å². The van der Waals surface area contributed by atoms with E-state index in [0.29, 0.717) is 23.2 Å². The van der Waals surface area contributed by atoms with Crippen LogP contribution in [0.25, 0.3) is 0 Å². The third-order valence-corrected chi connectivity index (χ3v) is 2.26. The maximum atomic E-state index is 10.8. The lowest BCUT2D eigenvalue weighted by molar-refractivity contribution is 0.112. The lowest BCUT2D eigenvalue weighted by Gasteiger charge is -2.14. The molecule has 0 amide bonds. The monoisotopic (exact) mass is 206 g/mol. The highest BCUT2D eigenvalue weighted by Crippen LogP contribution is 2.30. The van der Waals surface area contributed by atoms with Crippen molar-refractivity contribution in [2.75, 3.05) is 7.11 Å². The SMILES string of the molecule is COc1c(C=O)cc(C=O)cc1C(C)C. The van der Waals surface area contributed by atoms with E-state index in [4.69, 9.17) is 4.74 Å². The molecule has 0 aromatic heterocycles.